The van der Waals surface area contributed by atoms with Gasteiger partial charge in [-0.25, -0.2) is 4.98 Å². The average molecular weight is 418 g/mol. The molecule has 0 saturated carbocycles. The first-order chi connectivity index (χ1) is 13.4. The van der Waals surface area contributed by atoms with E-state index in [0.717, 1.165) is 34.5 Å². The molecule has 2 heterocycles. The smallest absolute Gasteiger partial charge is 0.325 e. The fraction of sp³-hybridized carbons (Fsp3) is 0.400. The van der Waals surface area contributed by atoms with E-state index < -0.39 is 0 Å². The fourth-order valence-electron chi connectivity index (χ4n) is 2.95. The van der Waals surface area contributed by atoms with Crippen molar-refractivity contribution in [2.75, 3.05) is 7.11 Å². The molecule has 0 aliphatic heterocycles. The lowest BCUT2D eigenvalue weighted by Crippen LogP contribution is -2.22. The molecule has 0 aliphatic carbocycles. The van der Waals surface area contributed by atoms with E-state index in [2.05, 4.69) is 29.0 Å². The van der Waals surface area contributed by atoms with Crippen LogP contribution in [0.15, 0.2) is 23.2 Å². The lowest BCUT2D eigenvalue weighted by molar-refractivity contribution is -0.141. The third kappa shape index (κ3) is 4.39. The Morgan fingerprint density at radius 2 is 2.04 bits per heavy atom. The summed E-state index contributed by atoms with van der Waals surface area (Å²) in [5.74, 6) is -0.715. The fourth-order valence-corrected chi connectivity index (χ4v) is 4.85. The third-order valence-electron chi connectivity index (χ3n) is 4.38. The minimum absolute atomic E-state index is 0.0115. The Bertz CT molecular complexity index is 1090. The highest BCUT2D eigenvalue weighted by Crippen LogP contribution is 2.22. The molecule has 8 heteroatoms. The second-order valence-electron chi connectivity index (χ2n) is 6.52. The Morgan fingerprint density at radius 1 is 1.25 bits per heavy atom. The molecule has 148 valence electrons. The lowest BCUT2D eigenvalue weighted by Gasteiger charge is -2.04. The Hall–Kier alpha value is -2.32. The van der Waals surface area contributed by atoms with E-state index in [-0.39, 0.29) is 18.4 Å². The van der Waals surface area contributed by atoms with Crippen LogP contribution in [0.4, 0.5) is 0 Å². The molecule has 0 spiro atoms. The van der Waals surface area contributed by atoms with Crippen molar-refractivity contribution in [1.29, 1.82) is 0 Å². The standard InChI is InChI=1S/C20H23N3O3S2/c1-5-6-7-14-8-9-15-16(10-14)28-20(23(15)11-17(24)26-4)22-19(25)18-12(2)21-13(3)27-18/h8-10H,5-7,11H2,1-4H3. The molecule has 0 fully saturated rings. The van der Waals surface area contributed by atoms with Gasteiger partial charge in [0.25, 0.3) is 5.91 Å². The number of esters is 1. The van der Waals surface area contributed by atoms with Gasteiger partial charge in [-0.3, -0.25) is 9.59 Å². The van der Waals surface area contributed by atoms with E-state index in [9.17, 15) is 9.59 Å². The number of amides is 1. The number of hydrogen-bond acceptors (Lipinski definition) is 6. The second kappa shape index (κ2) is 8.79. The molecule has 3 rings (SSSR count). The number of fused-ring (bicyclic) bond motifs is 1. The van der Waals surface area contributed by atoms with Gasteiger partial charge in [-0.1, -0.05) is 30.7 Å². The monoisotopic (exact) mass is 417 g/mol. The van der Waals surface area contributed by atoms with Gasteiger partial charge in [-0.15, -0.1) is 11.3 Å². The van der Waals surface area contributed by atoms with Gasteiger partial charge in [0, 0.05) is 0 Å². The highest BCUT2D eigenvalue weighted by atomic mass is 32.1. The quantitative estimate of drug-likeness (QED) is 0.568. The van der Waals surface area contributed by atoms with E-state index >= 15 is 0 Å². The number of aryl methyl sites for hydroxylation is 3. The van der Waals surface area contributed by atoms with Crippen molar-refractivity contribution in [1.82, 2.24) is 9.55 Å². The third-order valence-corrected chi connectivity index (χ3v) is 6.48. The topological polar surface area (TPSA) is 73.5 Å². The molecule has 6 nitrogen and oxygen atoms in total. The summed E-state index contributed by atoms with van der Waals surface area (Å²) >= 11 is 2.75. The van der Waals surface area contributed by atoms with Crippen LogP contribution in [0, 0.1) is 13.8 Å². The van der Waals surface area contributed by atoms with Crippen molar-refractivity contribution in [3.8, 4) is 0 Å². The summed E-state index contributed by atoms with van der Waals surface area (Å²) in [7, 11) is 1.35. The molecule has 2 aromatic heterocycles. The Morgan fingerprint density at radius 3 is 2.68 bits per heavy atom. The summed E-state index contributed by atoms with van der Waals surface area (Å²) in [5, 5.41) is 0.829. The molecule has 0 aliphatic rings. The summed E-state index contributed by atoms with van der Waals surface area (Å²) in [5.41, 5.74) is 2.80. The second-order valence-corrected chi connectivity index (χ2v) is 8.73. The van der Waals surface area contributed by atoms with Gasteiger partial charge in [0.15, 0.2) is 4.80 Å². The zero-order valence-electron chi connectivity index (χ0n) is 16.4. The zero-order chi connectivity index (χ0) is 20.3. The van der Waals surface area contributed by atoms with E-state index in [1.807, 2.05) is 13.0 Å². The summed E-state index contributed by atoms with van der Waals surface area (Å²) in [6.45, 7) is 5.85. The maximum atomic E-state index is 12.7. The molecule has 0 radical (unpaired) electrons. The highest BCUT2D eigenvalue weighted by Gasteiger charge is 2.16. The average Bonchev–Trinajstić information content (AvgIpc) is 3.18. The number of hydrogen-bond donors (Lipinski definition) is 0. The maximum absolute atomic E-state index is 12.7. The van der Waals surface area contributed by atoms with Crippen molar-refractivity contribution >= 4 is 44.8 Å². The van der Waals surface area contributed by atoms with Crippen molar-refractivity contribution in [3.63, 3.8) is 0 Å². The summed E-state index contributed by atoms with van der Waals surface area (Å²) in [4.78, 5) is 34.3. The van der Waals surface area contributed by atoms with Gasteiger partial charge in [-0.2, -0.15) is 4.99 Å². The van der Waals surface area contributed by atoms with Gasteiger partial charge in [0.05, 0.1) is 28.0 Å². The number of benzene rings is 1. The summed E-state index contributed by atoms with van der Waals surface area (Å²) < 4.78 is 7.57. The molecule has 0 unspecified atom stereocenters. The lowest BCUT2D eigenvalue weighted by atomic mass is 10.1. The number of ether oxygens (including phenoxy) is 1. The van der Waals surface area contributed by atoms with Crippen LogP contribution in [0.5, 0.6) is 0 Å². The van der Waals surface area contributed by atoms with Crippen molar-refractivity contribution < 1.29 is 14.3 Å². The summed E-state index contributed by atoms with van der Waals surface area (Å²) in [6, 6.07) is 6.18. The summed E-state index contributed by atoms with van der Waals surface area (Å²) in [6.07, 6.45) is 3.26. The molecule has 1 amide bonds. The normalized spacial score (nSPS) is 11.9. The maximum Gasteiger partial charge on any atom is 0.325 e. The van der Waals surface area contributed by atoms with Crippen LogP contribution in [-0.2, 0) is 22.5 Å². The predicted octanol–water partition coefficient (Wildman–Crippen LogP) is 4.03. The predicted molar refractivity (Wildman–Crippen MR) is 112 cm³/mol. The first-order valence-electron chi connectivity index (χ1n) is 9.15. The molecule has 0 atom stereocenters. The molecule has 0 N–H and O–H groups in total. The Labute approximate surface area is 171 Å². The van der Waals surface area contributed by atoms with E-state index in [4.69, 9.17) is 4.74 Å². The number of unbranched alkanes of at least 4 members (excludes halogenated alkanes) is 1. The highest BCUT2D eigenvalue weighted by molar-refractivity contribution is 7.16. The van der Waals surface area contributed by atoms with Crippen LogP contribution >= 0.6 is 22.7 Å². The van der Waals surface area contributed by atoms with E-state index in [0.29, 0.717) is 15.4 Å². The molecular weight excluding hydrogens is 394 g/mol. The van der Waals surface area contributed by atoms with Crippen LogP contribution in [0.1, 0.15) is 45.7 Å². The van der Waals surface area contributed by atoms with Crippen LogP contribution < -0.4 is 4.80 Å². The van der Waals surface area contributed by atoms with Crippen molar-refractivity contribution in [3.05, 3.63) is 44.1 Å². The first-order valence-corrected chi connectivity index (χ1v) is 10.8. The van der Waals surface area contributed by atoms with Crippen LogP contribution in [0.25, 0.3) is 10.2 Å². The first kappa shape index (κ1) is 20.4. The SMILES string of the molecule is CCCCc1ccc2c(c1)sc(=NC(=O)c1sc(C)nc1C)n2CC(=O)OC. The number of nitrogens with zero attached hydrogens (tertiary/aromatic N) is 3. The molecule has 28 heavy (non-hydrogen) atoms. The minimum atomic E-state index is -0.381. The number of carbonyl (C=O) groups is 2. The number of carbonyl (C=O) groups excluding carboxylic acids is 2. The largest absolute Gasteiger partial charge is 0.468 e. The number of thiazole rings is 2. The molecule has 3 aromatic rings. The zero-order valence-corrected chi connectivity index (χ0v) is 18.1. The van der Waals surface area contributed by atoms with Gasteiger partial charge in [0.1, 0.15) is 11.4 Å². The van der Waals surface area contributed by atoms with Gasteiger partial charge < -0.3 is 9.30 Å². The minimum Gasteiger partial charge on any atom is -0.468 e. The van der Waals surface area contributed by atoms with Crippen LogP contribution in [0.2, 0.25) is 0 Å². The molecular formula is C20H23N3O3S2. The van der Waals surface area contributed by atoms with E-state index in [1.165, 1.54) is 35.3 Å². The van der Waals surface area contributed by atoms with Gasteiger partial charge >= 0.3 is 5.97 Å². The van der Waals surface area contributed by atoms with Gasteiger partial charge in [-0.05, 0) is 44.4 Å². The number of methoxy groups -OCH3 is 1. The molecule has 1 aromatic carbocycles. The van der Waals surface area contributed by atoms with Crippen LogP contribution in [0.3, 0.4) is 0 Å². The van der Waals surface area contributed by atoms with Gasteiger partial charge in [0.2, 0.25) is 0 Å². The van der Waals surface area contributed by atoms with Crippen LogP contribution in [-0.4, -0.2) is 28.5 Å². The number of rotatable bonds is 6. The Balaban J connectivity index is 2.10. The van der Waals surface area contributed by atoms with Crippen molar-refractivity contribution in [2.45, 2.75) is 46.6 Å². The Kier molecular flexibility index (Phi) is 6.41. The number of aromatic nitrogens is 2. The van der Waals surface area contributed by atoms with Crippen molar-refractivity contribution in [2.24, 2.45) is 4.99 Å². The molecule has 0 saturated heterocycles. The molecule has 0 bridgehead atoms. The van der Waals surface area contributed by atoms with E-state index in [1.54, 1.807) is 11.5 Å².